The molecular formula is C15H16. The molecule has 0 bridgehead atoms. The molecule has 0 radical (unpaired) electrons. The van der Waals surface area contributed by atoms with Crippen molar-refractivity contribution in [1.82, 2.24) is 0 Å². The van der Waals surface area contributed by atoms with Crippen LogP contribution >= 0.6 is 0 Å². The lowest BCUT2D eigenvalue weighted by atomic mass is 10.0. The molecule has 2 rings (SSSR count). The summed E-state index contributed by atoms with van der Waals surface area (Å²) in [5.74, 6) is 0. The second-order valence-electron chi connectivity index (χ2n) is 3.92. The van der Waals surface area contributed by atoms with Crippen molar-refractivity contribution in [3.05, 3.63) is 46.3 Å². The molecule has 0 aliphatic carbocycles. The van der Waals surface area contributed by atoms with Gasteiger partial charge in [0.05, 0.1) is 0 Å². The Morgan fingerprint density at radius 2 is 1.87 bits per heavy atom. The second-order valence-corrected chi connectivity index (χ2v) is 3.92. The van der Waals surface area contributed by atoms with E-state index < -0.39 is 0 Å². The highest BCUT2D eigenvalue weighted by molar-refractivity contribution is 5.86. The van der Waals surface area contributed by atoms with Crippen LogP contribution in [0.2, 0.25) is 0 Å². The molecule has 0 saturated carbocycles. The first kappa shape index (κ1) is 9.97. The topological polar surface area (TPSA) is 0 Å². The van der Waals surface area contributed by atoms with E-state index >= 15 is 0 Å². The molecule has 0 heteroatoms. The Labute approximate surface area is 90.6 Å². The molecule has 0 unspecified atom stereocenters. The third kappa shape index (κ3) is 1.68. The number of hydrogen-bond donors (Lipinski definition) is 0. The molecular weight excluding hydrogens is 180 g/mol. The molecule has 2 aromatic carbocycles. The van der Waals surface area contributed by atoms with Gasteiger partial charge in [-0.25, -0.2) is 0 Å². The van der Waals surface area contributed by atoms with E-state index in [0.29, 0.717) is 0 Å². The summed E-state index contributed by atoms with van der Waals surface area (Å²) in [7, 11) is 0. The van der Waals surface area contributed by atoms with Crippen molar-refractivity contribution in [2.24, 2.45) is 0 Å². The quantitative estimate of drug-likeness (QED) is 0.658. The molecule has 0 spiro atoms. The van der Waals surface area contributed by atoms with Crippen LogP contribution in [-0.2, 0) is 0 Å². The molecule has 76 valence electrons. The van der Waals surface area contributed by atoms with E-state index in [9.17, 15) is 0 Å². The smallest absolute Gasteiger partial charge is 0.0106 e. The Morgan fingerprint density at radius 1 is 1.20 bits per heavy atom. The first-order valence-corrected chi connectivity index (χ1v) is 5.41. The third-order valence-corrected chi connectivity index (χ3v) is 2.79. The van der Waals surface area contributed by atoms with E-state index in [-0.39, 0.29) is 0 Å². The van der Waals surface area contributed by atoms with E-state index in [1.807, 2.05) is 0 Å². The Kier molecular flexibility index (Phi) is 2.59. The zero-order valence-corrected chi connectivity index (χ0v) is 9.38. The number of fused-ring (bicyclic) bond motifs is 1. The predicted molar refractivity (Wildman–Crippen MR) is 68.2 cm³/mol. The van der Waals surface area contributed by atoms with Gasteiger partial charge in [0, 0.05) is 0 Å². The van der Waals surface area contributed by atoms with Crippen LogP contribution in [0.1, 0.15) is 18.9 Å². The average Bonchev–Trinajstić information content (AvgIpc) is 2.24. The van der Waals surface area contributed by atoms with Crippen LogP contribution in [-0.4, -0.2) is 0 Å². The number of benzene rings is 2. The molecule has 0 aliphatic heterocycles. The van der Waals surface area contributed by atoms with Gasteiger partial charge in [0.15, 0.2) is 0 Å². The van der Waals surface area contributed by atoms with Gasteiger partial charge in [0.2, 0.25) is 0 Å². The summed E-state index contributed by atoms with van der Waals surface area (Å²) in [5.41, 5.74) is 1.31. The summed E-state index contributed by atoms with van der Waals surface area (Å²) in [6.45, 7) is 8.43. The van der Waals surface area contributed by atoms with Crippen LogP contribution in [0.15, 0.2) is 30.3 Å². The maximum atomic E-state index is 4.12. The maximum absolute atomic E-state index is 4.12. The van der Waals surface area contributed by atoms with Gasteiger partial charge in [-0.15, -0.1) is 0 Å². The highest BCUT2D eigenvalue weighted by atomic mass is 14.0. The van der Waals surface area contributed by atoms with Gasteiger partial charge in [-0.05, 0) is 40.1 Å². The van der Waals surface area contributed by atoms with Crippen molar-refractivity contribution in [2.45, 2.75) is 20.3 Å². The lowest BCUT2D eigenvalue weighted by Gasteiger charge is -2.03. The molecule has 2 aromatic rings. The number of hydrogen-bond acceptors (Lipinski definition) is 0. The minimum Gasteiger partial charge on any atom is -0.0911 e. The summed E-state index contributed by atoms with van der Waals surface area (Å²) >= 11 is 0. The Morgan fingerprint density at radius 3 is 2.53 bits per heavy atom. The lowest BCUT2D eigenvalue weighted by molar-refractivity contribution is 1.28. The monoisotopic (exact) mass is 196 g/mol. The number of aryl methyl sites for hydroxylation is 1. The van der Waals surface area contributed by atoms with Crippen LogP contribution in [0, 0.1) is 6.92 Å². The second kappa shape index (κ2) is 3.90. The fourth-order valence-corrected chi connectivity index (χ4v) is 2.10. The van der Waals surface area contributed by atoms with Crippen LogP contribution in [0.5, 0.6) is 0 Å². The molecule has 0 aromatic heterocycles. The van der Waals surface area contributed by atoms with Crippen molar-refractivity contribution in [2.75, 3.05) is 0 Å². The van der Waals surface area contributed by atoms with E-state index in [0.717, 1.165) is 11.6 Å². The Hall–Kier alpha value is -1.56. The molecule has 0 saturated heterocycles. The van der Waals surface area contributed by atoms with Crippen molar-refractivity contribution in [3.8, 4) is 0 Å². The Bertz CT molecular complexity index is 591. The van der Waals surface area contributed by atoms with Gasteiger partial charge in [0.1, 0.15) is 0 Å². The fourth-order valence-electron chi connectivity index (χ4n) is 2.10. The summed E-state index contributed by atoms with van der Waals surface area (Å²) in [5, 5.41) is 5.08. The van der Waals surface area contributed by atoms with Gasteiger partial charge >= 0.3 is 0 Å². The first-order chi connectivity index (χ1) is 7.24. The summed E-state index contributed by atoms with van der Waals surface area (Å²) in [6.07, 6.45) is 3.31. The van der Waals surface area contributed by atoms with Gasteiger partial charge in [-0.1, -0.05) is 49.9 Å². The van der Waals surface area contributed by atoms with Crippen LogP contribution < -0.4 is 10.4 Å². The molecule has 0 fully saturated rings. The normalized spacial score (nSPS) is 12.3. The summed E-state index contributed by atoms with van der Waals surface area (Å²) in [6, 6.07) is 10.7. The minimum atomic E-state index is 1.05. The van der Waals surface area contributed by atoms with Crippen molar-refractivity contribution >= 4 is 23.4 Å². The van der Waals surface area contributed by atoms with E-state index in [4.69, 9.17) is 0 Å². The predicted octanol–water partition coefficient (Wildman–Crippen LogP) is 2.75. The molecule has 0 nitrogen and oxygen atoms in total. The van der Waals surface area contributed by atoms with Gasteiger partial charge in [-0.2, -0.15) is 0 Å². The highest BCUT2D eigenvalue weighted by Gasteiger charge is 1.98. The zero-order valence-electron chi connectivity index (χ0n) is 9.38. The summed E-state index contributed by atoms with van der Waals surface area (Å²) < 4.78 is 0. The van der Waals surface area contributed by atoms with Gasteiger partial charge in [0.25, 0.3) is 0 Å². The van der Waals surface area contributed by atoms with Gasteiger partial charge in [-0.3, -0.25) is 0 Å². The largest absolute Gasteiger partial charge is 0.0911 e. The fraction of sp³-hybridized carbons (Fsp3) is 0.200. The van der Waals surface area contributed by atoms with Crippen LogP contribution in [0.3, 0.4) is 0 Å². The van der Waals surface area contributed by atoms with E-state index in [1.54, 1.807) is 0 Å². The molecule has 0 aliphatic rings. The third-order valence-electron chi connectivity index (χ3n) is 2.79. The standard InChI is InChI=1S/C15H16/c1-4-7-13-11(2)10-12(3)14-8-5-6-9-15(13)14/h5-10H,2,4H2,1,3H3/b13-7+. The van der Waals surface area contributed by atoms with E-state index in [1.165, 1.54) is 21.6 Å². The zero-order chi connectivity index (χ0) is 10.8. The lowest BCUT2D eigenvalue weighted by Crippen LogP contribution is -2.24. The molecule has 0 atom stereocenters. The summed E-state index contributed by atoms with van der Waals surface area (Å²) in [4.78, 5) is 0. The van der Waals surface area contributed by atoms with Crippen LogP contribution in [0.4, 0.5) is 0 Å². The maximum Gasteiger partial charge on any atom is -0.0106 e. The number of rotatable bonds is 1. The van der Waals surface area contributed by atoms with Gasteiger partial charge < -0.3 is 0 Å². The Balaban J connectivity index is 3.04. The highest BCUT2D eigenvalue weighted by Crippen LogP contribution is 2.12. The van der Waals surface area contributed by atoms with Crippen molar-refractivity contribution in [3.63, 3.8) is 0 Å². The molecule has 0 amide bonds. The molecule has 0 heterocycles. The SMILES string of the molecule is C=c1cc(C)c2ccccc2/c1=C/CC. The average molecular weight is 196 g/mol. The van der Waals surface area contributed by atoms with Crippen molar-refractivity contribution in [1.29, 1.82) is 0 Å². The first-order valence-electron chi connectivity index (χ1n) is 5.41. The van der Waals surface area contributed by atoms with Crippen molar-refractivity contribution < 1.29 is 0 Å². The molecule has 15 heavy (non-hydrogen) atoms. The molecule has 0 N–H and O–H groups in total. The van der Waals surface area contributed by atoms with Crippen LogP contribution in [0.25, 0.3) is 23.4 Å². The van der Waals surface area contributed by atoms with E-state index in [2.05, 4.69) is 56.8 Å². The minimum absolute atomic E-state index is 1.05.